The number of fused-ring (bicyclic) bond motifs is 1. The number of aryl methyl sites for hydroxylation is 1. The first-order chi connectivity index (χ1) is 9.08. The first-order valence-corrected chi connectivity index (χ1v) is 6.14. The van der Waals surface area contributed by atoms with Crippen LogP contribution in [0.3, 0.4) is 0 Å². The number of nitrogens with zero attached hydrogens (tertiary/aromatic N) is 2. The lowest BCUT2D eigenvalue weighted by Crippen LogP contribution is -2.53. The number of carboxylic acid groups (broad SMARTS) is 1. The molecule has 1 amide bonds. The van der Waals surface area contributed by atoms with E-state index in [0.29, 0.717) is 18.8 Å². The molecule has 0 radical (unpaired) electrons. The maximum absolute atomic E-state index is 12.3. The van der Waals surface area contributed by atoms with Crippen LogP contribution in [-0.4, -0.2) is 39.5 Å². The summed E-state index contributed by atoms with van der Waals surface area (Å²) in [6.45, 7) is 0.603. The number of carbonyl (C=O) groups excluding carboxylic acids is 1. The summed E-state index contributed by atoms with van der Waals surface area (Å²) in [6.07, 6.45) is 0. The highest BCUT2D eigenvalue weighted by Crippen LogP contribution is 2.23. The molecule has 0 bridgehead atoms. The predicted molar refractivity (Wildman–Crippen MR) is 69.9 cm³/mol. The molecule has 2 heterocycles. The number of aliphatic carboxylic acids is 1. The molecule has 3 rings (SSSR count). The quantitative estimate of drug-likeness (QED) is 0.884. The molecule has 2 aromatic rings. The van der Waals surface area contributed by atoms with Crippen LogP contribution in [0, 0.1) is 5.92 Å². The van der Waals surface area contributed by atoms with Gasteiger partial charge in [-0.2, -0.15) is 0 Å². The fourth-order valence-electron chi connectivity index (χ4n) is 2.46. The van der Waals surface area contributed by atoms with Crippen molar-refractivity contribution >= 4 is 22.8 Å². The van der Waals surface area contributed by atoms with Crippen LogP contribution in [0.2, 0.25) is 0 Å². The zero-order valence-corrected chi connectivity index (χ0v) is 10.5. The van der Waals surface area contributed by atoms with Crippen LogP contribution in [0.25, 0.3) is 10.9 Å². The fourth-order valence-corrected chi connectivity index (χ4v) is 2.46. The van der Waals surface area contributed by atoms with Crippen LogP contribution >= 0.6 is 0 Å². The van der Waals surface area contributed by atoms with Gasteiger partial charge in [0.25, 0.3) is 5.91 Å². The van der Waals surface area contributed by atoms with Gasteiger partial charge in [0, 0.05) is 31.0 Å². The van der Waals surface area contributed by atoms with Gasteiger partial charge in [0.05, 0.1) is 5.92 Å². The van der Waals surface area contributed by atoms with Gasteiger partial charge in [0.1, 0.15) is 5.69 Å². The molecule has 1 N–H and O–H groups in total. The maximum Gasteiger partial charge on any atom is 0.310 e. The summed E-state index contributed by atoms with van der Waals surface area (Å²) in [7, 11) is 1.85. The summed E-state index contributed by atoms with van der Waals surface area (Å²) in [4.78, 5) is 24.6. The molecule has 5 nitrogen and oxygen atoms in total. The van der Waals surface area contributed by atoms with E-state index in [-0.39, 0.29) is 5.91 Å². The van der Waals surface area contributed by atoms with Crippen LogP contribution < -0.4 is 0 Å². The molecule has 1 aromatic heterocycles. The topological polar surface area (TPSA) is 62.5 Å². The molecule has 1 aliphatic heterocycles. The molecule has 1 aliphatic rings. The molecule has 0 aliphatic carbocycles. The van der Waals surface area contributed by atoms with Crippen molar-refractivity contribution in [3.63, 3.8) is 0 Å². The minimum absolute atomic E-state index is 0.101. The number of carbonyl (C=O) groups is 2. The van der Waals surface area contributed by atoms with E-state index < -0.39 is 11.9 Å². The lowest BCUT2D eigenvalue weighted by molar-refractivity contribution is -0.146. The highest BCUT2D eigenvalue weighted by atomic mass is 16.4. The third kappa shape index (κ3) is 1.78. The summed E-state index contributed by atoms with van der Waals surface area (Å²) < 4.78 is 1.85. The van der Waals surface area contributed by atoms with Crippen LogP contribution in [0.15, 0.2) is 30.3 Å². The van der Waals surface area contributed by atoms with E-state index in [4.69, 9.17) is 5.11 Å². The minimum atomic E-state index is -0.832. The van der Waals surface area contributed by atoms with E-state index >= 15 is 0 Å². The number of benzene rings is 1. The van der Waals surface area contributed by atoms with Gasteiger partial charge in [-0.1, -0.05) is 18.2 Å². The van der Waals surface area contributed by atoms with Gasteiger partial charge >= 0.3 is 5.97 Å². The molecule has 0 unspecified atom stereocenters. The number of aromatic nitrogens is 1. The van der Waals surface area contributed by atoms with Crippen molar-refractivity contribution in [2.75, 3.05) is 13.1 Å². The van der Waals surface area contributed by atoms with Gasteiger partial charge in [0.15, 0.2) is 0 Å². The van der Waals surface area contributed by atoms with Gasteiger partial charge < -0.3 is 14.6 Å². The Labute approximate surface area is 110 Å². The standard InChI is InChI=1S/C14H14N2O3/c1-15-11-5-3-2-4-9(11)6-12(15)13(17)16-7-10(8-16)14(18)19/h2-6,10H,7-8H2,1H3,(H,18,19). The summed E-state index contributed by atoms with van der Waals surface area (Å²) in [5, 5.41) is 9.85. The number of carboxylic acids is 1. The lowest BCUT2D eigenvalue weighted by Gasteiger charge is -2.36. The largest absolute Gasteiger partial charge is 0.481 e. The molecular weight excluding hydrogens is 244 g/mol. The van der Waals surface area contributed by atoms with E-state index in [1.807, 2.05) is 41.9 Å². The summed E-state index contributed by atoms with van der Waals surface area (Å²) in [5.41, 5.74) is 1.60. The fraction of sp³-hybridized carbons (Fsp3) is 0.286. The molecule has 98 valence electrons. The second-order valence-corrected chi connectivity index (χ2v) is 4.89. The van der Waals surface area contributed by atoms with Crippen molar-refractivity contribution in [3.8, 4) is 0 Å². The van der Waals surface area contributed by atoms with E-state index in [9.17, 15) is 9.59 Å². The van der Waals surface area contributed by atoms with Crippen molar-refractivity contribution in [2.45, 2.75) is 0 Å². The van der Waals surface area contributed by atoms with Crippen LogP contribution in [0.1, 0.15) is 10.5 Å². The van der Waals surface area contributed by atoms with E-state index in [2.05, 4.69) is 0 Å². The van der Waals surface area contributed by atoms with Gasteiger partial charge in [-0.3, -0.25) is 9.59 Å². The Kier molecular flexibility index (Phi) is 2.55. The molecule has 1 aromatic carbocycles. The molecule has 5 heteroatoms. The number of rotatable bonds is 2. The second kappa shape index (κ2) is 4.12. The van der Waals surface area contributed by atoms with Gasteiger partial charge in [0.2, 0.25) is 0 Å². The van der Waals surface area contributed by atoms with E-state index in [0.717, 1.165) is 10.9 Å². The number of hydrogen-bond donors (Lipinski definition) is 1. The smallest absolute Gasteiger partial charge is 0.310 e. The molecule has 0 saturated carbocycles. The van der Waals surface area contributed by atoms with Crippen molar-refractivity contribution in [3.05, 3.63) is 36.0 Å². The van der Waals surface area contributed by atoms with E-state index in [1.165, 1.54) is 0 Å². The Morgan fingerprint density at radius 1 is 1.26 bits per heavy atom. The van der Waals surface area contributed by atoms with Crippen molar-refractivity contribution < 1.29 is 14.7 Å². The zero-order valence-electron chi connectivity index (χ0n) is 10.5. The Morgan fingerprint density at radius 2 is 1.95 bits per heavy atom. The second-order valence-electron chi connectivity index (χ2n) is 4.89. The van der Waals surface area contributed by atoms with Crippen molar-refractivity contribution in [1.29, 1.82) is 0 Å². The van der Waals surface area contributed by atoms with Crippen LogP contribution in [0.4, 0.5) is 0 Å². The number of likely N-dealkylation sites (tertiary alicyclic amines) is 1. The van der Waals surface area contributed by atoms with Gasteiger partial charge in [-0.25, -0.2) is 0 Å². The third-order valence-electron chi connectivity index (χ3n) is 3.69. The first-order valence-electron chi connectivity index (χ1n) is 6.14. The SMILES string of the molecule is Cn1c(C(=O)N2CC(C(=O)O)C2)cc2ccccc21. The monoisotopic (exact) mass is 258 g/mol. The average molecular weight is 258 g/mol. The normalized spacial score (nSPS) is 15.5. The summed E-state index contributed by atoms with van der Waals surface area (Å²) in [6, 6.07) is 9.64. The average Bonchev–Trinajstić information content (AvgIpc) is 2.65. The Hall–Kier alpha value is -2.30. The van der Waals surface area contributed by atoms with Crippen LogP contribution in [0.5, 0.6) is 0 Å². The van der Waals surface area contributed by atoms with Gasteiger partial charge in [-0.05, 0) is 12.1 Å². The molecule has 1 saturated heterocycles. The molecular formula is C14H14N2O3. The Balaban J connectivity index is 1.87. The highest BCUT2D eigenvalue weighted by Gasteiger charge is 2.36. The molecule has 19 heavy (non-hydrogen) atoms. The van der Waals surface area contributed by atoms with Crippen molar-refractivity contribution in [1.82, 2.24) is 9.47 Å². The Morgan fingerprint density at radius 3 is 2.58 bits per heavy atom. The van der Waals surface area contributed by atoms with Gasteiger partial charge in [-0.15, -0.1) is 0 Å². The number of para-hydroxylation sites is 1. The van der Waals surface area contributed by atoms with Crippen LogP contribution in [-0.2, 0) is 11.8 Å². The number of hydrogen-bond acceptors (Lipinski definition) is 2. The third-order valence-corrected chi connectivity index (χ3v) is 3.69. The lowest BCUT2D eigenvalue weighted by atomic mass is 10.0. The van der Waals surface area contributed by atoms with E-state index in [1.54, 1.807) is 4.90 Å². The first kappa shape index (κ1) is 11.8. The molecule has 1 fully saturated rings. The molecule has 0 spiro atoms. The summed E-state index contributed by atoms with van der Waals surface area (Å²) in [5.74, 6) is -1.35. The minimum Gasteiger partial charge on any atom is -0.481 e. The molecule has 0 atom stereocenters. The predicted octanol–water partition coefficient (Wildman–Crippen LogP) is 1.33. The highest BCUT2D eigenvalue weighted by molar-refractivity contribution is 5.99. The summed E-state index contributed by atoms with van der Waals surface area (Å²) >= 11 is 0. The maximum atomic E-state index is 12.3. The zero-order chi connectivity index (χ0) is 13.6. The Bertz CT molecular complexity index is 668. The number of amides is 1. The van der Waals surface area contributed by atoms with Crippen molar-refractivity contribution in [2.24, 2.45) is 13.0 Å².